The number of hydrogen-bond donors (Lipinski definition) is 0. The lowest BCUT2D eigenvalue weighted by Gasteiger charge is -2.43. The molecular weight excluding hydrogens is 238 g/mol. The van der Waals surface area contributed by atoms with Gasteiger partial charge in [-0.3, -0.25) is 0 Å². The zero-order chi connectivity index (χ0) is 12.5. The highest BCUT2D eigenvalue weighted by molar-refractivity contribution is 6.29. The number of nitriles is 1. The number of hydrogen-bond acceptors (Lipinski definition) is 4. The van der Waals surface area contributed by atoms with Crippen LogP contribution in [-0.4, -0.2) is 30.3 Å². The van der Waals surface area contributed by atoms with Gasteiger partial charge in [-0.15, -0.1) is 0 Å². The minimum Gasteiger partial charge on any atom is -0.377 e. The van der Waals surface area contributed by atoms with Crippen molar-refractivity contribution in [3.63, 3.8) is 0 Å². The van der Waals surface area contributed by atoms with Crippen LogP contribution in [0.25, 0.3) is 0 Å². The van der Waals surface area contributed by atoms with Crippen LogP contribution < -0.4 is 4.90 Å². The Labute approximate surface area is 106 Å². The lowest BCUT2D eigenvalue weighted by atomic mass is 10.0. The maximum atomic E-state index is 8.94. The Hall–Kier alpha value is -1.31. The summed E-state index contributed by atoms with van der Waals surface area (Å²) in [7, 11) is 0. The summed E-state index contributed by atoms with van der Waals surface area (Å²) in [5.74, 6) is 0.738. The summed E-state index contributed by atoms with van der Waals surface area (Å²) < 4.78 is 5.46. The van der Waals surface area contributed by atoms with Crippen molar-refractivity contribution >= 4 is 17.4 Å². The Morgan fingerprint density at radius 1 is 1.53 bits per heavy atom. The molecule has 0 bridgehead atoms. The summed E-state index contributed by atoms with van der Waals surface area (Å²) >= 11 is 5.92. The van der Waals surface area contributed by atoms with Crippen LogP contribution in [0, 0.1) is 11.3 Å². The molecule has 0 N–H and O–H groups in total. The molecule has 0 unspecified atom stereocenters. The first kappa shape index (κ1) is 12.2. The molecule has 0 aromatic carbocycles. The maximum absolute atomic E-state index is 8.94. The average Bonchev–Trinajstić information content (AvgIpc) is 2.27. The molecule has 0 saturated carbocycles. The number of morpholine rings is 1. The highest BCUT2D eigenvalue weighted by Gasteiger charge is 2.31. The molecule has 0 aliphatic carbocycles. The topological polar surface area (TPSA) is 49.1 Å². The molecule has 1 aliphatic heterocycles. The van der Waals surface area contributed by atoms with E-state index in [-0.39, 0.29) is 5.54 Å². The second kappa shape index (κ2) is 4.52. The molecule has 5 heteroatoms. The molecule has 0 amide bonds. The van der Waals surface area contributed by atoms with Crippen LogP contribution in [-0.2, 0) is 4.74 Å². The van der Waals surface area contributed by atoms with Gasteiger partial charge in [0.1, 0.15) is 11.0 Å². The number of pyridine rings is 1. The van der Waals surface area contributed by atoms with Crippen LogP contribution in [0.3, 0.4) is 0 Å². The summed E-state index contributed by atoms with van der Waals surface area (Å²) in [4.78, 5) is 6.41. The Bertz CT molecular complexity index is 467. The van der Waals surface area contributed by atoms with Gasteiger partial charge in [0.2, 0.25) is 0 Å². The van der Waals surface area contributed by atoms with Crippen molar-refractivity contribution < 1.29 is 4.74 Å². The van der Waals surface area contributed by atoms with E-state index < -0.39 is 0 Å². The number of anilines is 1. The van der Waals surface area contributed by atoms with Gasteiger partial charge in [-0.25, -0.2) is 4.98 Å². The third-order valence-electron chi connectivity index (χ3n) is 2.83. The second-order valence-electron chi connectivity index (χ2n) is 4.67. The predicted octanol–water partition coefficient (Wildman–Crippen LogP) is 2.22. The van der Waals surface area contributed by atoms with E-state index in [4.69, 9.17) is 21.6 Å². The van der Waals surface area contributed by atoms with Gasteiger partial charge in [-0.1, -0.05) is 11.6 Å². The third-order valence-corrected chi connectivity index (χ3v) is 3.03. The first-order valence-corrected chi connectivity index (χ1v) is 5.84. The molecule has 17 heavy (non-hydrogen) atoms. The van der Waals surface area contributed by atoms with Crippen molar-refractivity contribution in [2.24, 2.45) is 0 Å². The van der Waals surface area contributed by atoms with Crippen LogP contribution in [0.2, 0.25) is 5.15 Å². The quantitative estimate of drug-likeness (QED) is 0.718. The number of ether oxygens (including phenoxy) is 1. The van der Waals surface area contributed by atoms with E-state index in [1.807, 2.05) is 0 Å². The molecule has 1 aromatic rings. The summed E-state index contributed by atoms with van der Waals surface area (Å²) in [6.07, 6.45) is 0. The standard InChI is InChI=1S/C12H14ClN3O/c1-12(2)8-17-4-3-16(12)11-6-9(7-14)5-10(13)15-11/h5-6H,3-4,8H2,1-2H3. The van der Waals surface area contributed by atoms with Gasteiger partial charge < -0.3 is 9.64 Å². The molecule has 1 aromatic heterocycles. The number of halogens is 1. The Morgan fingerprint density at radius 3 is 2.94 bits per heavy atom. The van der Waals surface area contributed by atoms with E-state index in [1.54, 1.807) is 12.1 Å². The average molecular weight is 252 g/mol. The zero-order valence-corrected chi connectivity index (χ0v) is 10.7. The molecule has 0 radical (unpaired) electrons. The smallest absolute Gasteiger partial charge is 0.132 e. The molecule has 1 aliphatic rings. The molecule has 1 fully saturated rings. The number of rotatable bonds is 1. The number of nitrogens with zero attached hydrogens (tertiary/aromatic N) is 3. The van der Waals surface area contributed by atoms with Gasteiger partial charge in [-0.05, 0) is 26.0 Å². The van der Waals surface area contributed by atoms with Crippen molar-refractivity contribution in [3.05, 3.63) is 22.8 Å². The molecule has 2 rings (SSSR count). The molecule has 0 atom stereocenters. The fourth-order valence-electron chi connectivity index (χ4n) is 1.97. The molecule has 1 saturated heterocycles. The SMILES string of the molecule is CC1(C)COCCN1c1cc(C#N)cc(Cl)n1. The van der Waals surface area contributed by atoms with Gasteiger partial charge in [0.25, 0.3) is 0 Å². The molecule has 0 spiro atoms. The van der Waals surface area contributed by atoms with Crippen LogP contribution in [0.5, 0.6) is 0 Å². The Kier molecular flexibility index (Phi) is 3.23. The minimum atomic E-state index is -0.136. The molecule has 2 heterocycles. The summed E-state index contributed by atoms with van der Waals surface area (Å²) in [5, 5.41) is 9.28. The highest BCUT2D eigenvalue weighted by atomic mass is 35.5. The van der Waals surface area contributed by atoms with E-state index >= 15 is 0 Å². The highest BCUT2D eigenvalue weighted by Crippen LogP contribution is 2.27. The van der Waals surface area contributed by atoms with E-state index in [0.29, 0.717) is 23.9 Å². The molecule has 4 nitrogen and oxygen atoms in total. The monoisotopic (exact) mass is 251 g/mol. The minimum absolute atomic E-state index is 0.136. The third kappa shape index (κ3) is 2.51. The van der Waals surface area contributed by atoms with Gasteiger partial charge in [0.05, 0.1) is 30.4 Å². The lowest BCUT2D eigenvalue weighted by Crippen LogP contribution is -2.53. The fraction of sp³-hybridized carbons (Fsp3) is 0.500. The van der Waals surface area contributed by atoms with Crippen molar-refractivity contribution in [3.8, 4) is 6.07 Å². The zero-order valence-electron chi connectivity index (χ0n) is 9.90. The fourth-order valence-corrected chi connectivity index (χ4v) is 2.17. The lowest BCUT2D eigenvalue weighted by molar-refractivity contribution is 0.0639. The Morgan fingerprint density at radius 2 is 2.29 bits per heavy atom. The normalized spacial score (nSPS) is 18.8. The van der Waals surface area contributed by atoms with Crippen LogP contribution in [0.1, 0.15) is 19.4 Å². The van der Waals surface area contributed by atoms with Crippen molar-refractivity contribution in [1.82, 2.24) is 4.98 Å². The summed E-state index contributed by atoms with van der Waals surface area (Å²) in [6, 6.07) is 5.42. The van der Waals surface area contributed by atoms with E-state index in [1.165, 1.54) is 0 Å². The summed E-state index contributed by atoms with van der Waals surface area (Å²) in [5.41, 5.74) is 0.394. The van der Waals surface area contributed by atoms with E-state index in [9.17, 15) is 0 Å². The molecular formula is C12H14ClN3O. The van der Waals surface area contributed by atoms with Gasteiger partial charge >= 0.3 is 0 Å². The first-order valence-electron chi connectivity index (χ1n) is 5.46. The van der Waals surface area contributed by atoms with Crippen LogP contribution >= 0.6 is 11.6 Å². The first-order chi connectivity index (χ1) is 8.03. The van der Waals surface area contributed by atoms with Crippen LogP contribution in [0.15, 0.2) is 12.1 Å². The molecule has 90 valence electrons. The van der Waals surface area contributed by atoms with E-state index in [0.717, 1.165) is 12.4 Å². The van der Waals surface area contributed by atoms with E-state index in [2.05, 4.69) is 29.8 Å². The van der Waals surface area contributed by atoms with Crippen molar-refractivity contribution in [1.29, 1.82) is 5.26 Å². The Balaban J connectivity index is 2.39. The second-order valence-corrected chi connectivity index (χ2v) is 5.05. The van der Waals surface area contributed by atoms with Crippen LogP contribution in [0.4, 0.5) is 5.82 Å². The maximum Gasteiger partial charge on any atom is 0.132 e. The summed E-state index contributed by atoms with van der Waals surface area (Å²) in [6.45, 7) is 6.23. The van der Waals surface area contributed by atoms with Crippen molar-refractivity contribution in [2.75, 3.05) is 24.7 Å². The van der Waals surface area contributed by atoms with Crippen molar-refractivity contribution in [2.45, 2.75) is 19.4 Å². The predicted molar refractivity (Wildman–Crippen MR) is 66.2 cm³/mol. The van der Waals surface area contributed by atoms with Gasteiger partial charge in [0.15, 0.2) is 0 Å². The number of aromatic nitrogens is 1. The van der Waals surface area contributed by atoms with Gasteiger partial charge in [-0.2, -0.15) is 5.26 Å². The largest absolute Gasteiger partial charge is 0.377 e. The van der Waals surface area contributed by atoms with Gasteiger partial charge in [0, 0.05) is 6.54 Å².